The Morgan fingerprint density at radius 2 is 1.81 bits per heavy atom. The summed E-state index contributed by atoms with van der Waals surface area (Å²) in [6, 6.07) is 3.47. The molecule has 9 nitrogen and oxygen atoms in total. The molecule has 0 spiro atoms. The van der Waals surface area contributed by atoms with Gasteiger partial charge in [0.25, 0.3) is 0 Å². The summed E-state index contributed by atoms with van der Waals surface area (Å²) in [5, 5.41) is 5.51. The smallest absolute Gasteiger partial charge is 0.408 e. The van der Waals surface area contributed by atoms with Gasteiger partial charge in [0.05, 0.1) is 6.42 Å². The second-order valence-electron chi connectivity index (χ2n) is 10.6. The average Bonchev–Trinajstić information content (AvgIpc) is 3.59. The van der Waals surface area contributed by atoms with Gasteiger partial charge < -0.3 is 26.0 Å². The Bertz CT molecular complexity index is 952. The first-order chi connectivity index (χ1) is 16.8. The van der Waals surface area contributed by atoms with E-state index in [9.17, 15) is 19.2 Å². The molecular weight excluding hydrogens is 460 g/mol. The zero-order chi connectivity index (χ0) is 27.0. The van der Waals surface area contributed by atoms with E-state index >= 15 is 0 Å². The molecule has 36 heavy (non-hydrogen) atoms. The summed E-state index contributed by atoms with van der Waals surface area (Å²) >= 11 is 0. The largest absolute Gasteiger partial charge is 0.444 e. The van der Waals surface area contributed by atoms with E-state index in [2.05, 4.69) is 17.6 Å². The Labute approximate surface area is 214 Å². The maximum Gasteiger partial charge on any atom is 0.408 e. The number of aryl methyl sites for hydroxylation is 2. The number of ether oxygens (including phenoxy) is 1. The summed E-state index contributed by atoms with van der Waals surface area (Å²) < 4.78 is 5.31. The predicted molar refractivity (Wildman–Crippen MR) is 138 cm³/mol. The highest BCUT2D eigenvalue weighted by atomic mass is 16.6. The third-order valence-electron chi connectivity index (χ3n) is 5.92. The van der Waals surface area contributed by atoms with Crippen molar-refractivity contribution in [3.05, 3.63) is 34.9 Å². The van der Waals surface area contributed by atoms with Crippen molar-refractivity contribution in [2.24, 2.45) is 5.73 Å². The lowest BCUT2D eigenvalue weighted by Crippen LogP contribution is -2.54. The van der Waals surface area contributed by atoms with Gasteiger partial charge in [-0.15, -0.1) is 0 Å². The van der Waals surface area contributed by atoms with Crippen molar-refractivity contribution in [1.29, 1.82) is 0 Å². The lowest BCUT2D eigenvalue weighted by atomic mass is 9.95. The number of alkyl carbamates (subject to hydrolysis) is 1. The van der Waals surface area contributed by atoms with Gasteiger partial charge in [-0.2, -0.15) is 0 Å². The second-order valence-corrected chi connectivity index (χ2v) is 10.6. The first-order valence-corrected chi connectivity index (χ1v) is 12.8. The first kappa shape index (κ1) is 29.1. The monoisotopic (exact) mass is 502 g/mol. The zero-order valence-electron chi connectivity index (χ0n) is 22.5. The van der Waals surface area contributed by atoms with Gasteiger partial charge in [0.2, 0.25) is 17.7 Å². The molecule has 1 aromatic rings. The van der Waals surface area contributed by atoms with Crippen LogP contribution in [0, 0.1) is 13.8 Å². The minimum Gasteiger partial charge on any atom is -0.444 e. The van der Waals surface area contributed by atoms with Crippen LogP contribution >= 0.6 is 0 Å². The van der Waals surface area contributed by atoms with Crippen LogP contribution in [0.5, 0.6) is 0 Å². The van der Waals surface area contributed by atoms with E-state index < -0.39 is 42.0 Å². The molecule has 0 bridgehead atoms. The van der Waals surface area contributed by atoms with Gasteiger partial charge in [-0.05, 0) is 65.0 Å². The van der Waals surface area contributed by atoms with Gasteiger partial charge in [0.1, 0.15) is 17.7 Å². The minimum absolute atomic E-state index is 0.181. The lowest BCUT2D eigenvalue weighted by Gasteiger charge is -2.35. The summed E-state index contributed by atoms with van der Waals surface area (Å²) in [4.78, 5) is 53.4. The molecule has 0 radical (unpaired) electrons. The van der Waals surface area contributed by atoms with Gasteiger partial charge in [-0.3, -0.25) is 14.4 Å². The molecule has 4 amide bonds. The molecule has 0 heterocycles. The molecule has 2 atom stereocenters. The lowest BCUT2D eigenvalue weighted by molar-refractivity contribution is -0.144. The summed E-state index contributed by atoms with van der Waals surface area (Å²) in [5.41, 5.74) is 7.19. The van der Waals surface area contributed by atoms with Gasteiger partial charge in [-0.25, -0.2) is 4.79 Å². The minimum atomic E-state index is -1.25. The van der Waals surface area contributed by atoms with E-state index in [1.54, 1.807) is 20.8 Å². The third-order valence-corrected chi connectivity index (χ3v) is 5.92. The van der Waals surface area contributed by atoms with Gasteiger partial charge in [0.15, 0.2) is 0 Å². The molecule has 4 N–H and O–H groups in total. The van der Waals surface area contributed by atoms with Gasteiger partial charge >= 0.3 is 6.09 Å². The van der Waals surface area contributed by atoms with Gasteiger partial charge in [-0.1, -0.05) is 43.5 Å². The van der Waals surface area contributed by atoms with E-state index in [0.717, 1.165) is 48.8 Å². The van der Waals surface area contributed by atoms with Crippen molar-refractivity contribution in [1.82, 2.24) is 15.5 Å². The molecule has 0 saturated heterocycles. The number of nitrogens with two attached hydrogens (primary N) is 1. The van der Waals surface area contributed by atoms with E-state index in [-0.39, 0.29) is 11.9 Å². The molecule has 2 unspecified atom stereocenters. The van der Waals surface area contributed by atoms with Crippen LogP contribution < -0.4 is 16.4 Å². The van der Waals surface area contributed by atoms with Crippen molar-refractivity contribution < 1.29 is 23.9 Å². The number of primary amides is 1. The van der Waals surface area contributed by atoms with E-state index in [1.807, 2.05) is 32.0 Å². The molecule has 1 aromatic carbocycles. The number of carbonyl (C=O) groups is 4. The third kappa shape index (κ3) is 8.84. The van der Waals surface area contributed by atoms with Crippen molar-refractivity contribution >= 4 is 23.8 Å². The van der Waals surface area contributed by atoms with Crippen molar-refractivity contribution in [2.75, 3.05) is 6.54 Å². The molecule has 1 aliphatic rings. The van der Waals surface area contributed by atoms with E-state index in [0.29, 0.717) is 6.54 Å². The maximum absolute atomic E-state index is 13.9. The standard InChI is InChI=1S/C27H42N4O5/c1-7-8-9-14-29-24(33)23(20-15-17(2)10-11-18(20)3)31(19-12-13-19)25(34)21(16-22(28)32)30-26(35)36-27(4,5)6/h10-11,15,19,21,23H,7-9,12-14,16H2,1-6H3,(H2,28,32)(H,29,33)(H,30,35). The first-order valence-electron chi connectivity index (χ1n) is 12.8. The quantitative estimate of drug-likeness (QED) is 0.377. The highest BCUT2D eigenvalue weighted by Crippen LogP contribution is 2.37. The van der Waals surface area contributed by atoms with Crippen LogP contribution in [-0.4, -0.2) is 52.9 Å². The van der Waals surface area contributed by atoms with Crippen LogP contribution in [0.2, 0.25) is 0 Å². The number of unbranched alkanes of at least 4 members (excludes halogenated alkanes) is 2. The van der Waals surface area contributed by atoms with Crippen LogP contribution in [-0.2, 0) is 19.1 Å². The molecule has 2 rings (SSSR count). The Morgan fingerprint density at radius 3 is 2.36 bits per heavy atom. The summed E-state index contributed by atoms with van der Waals surface area (Å²) in [6.07, 6.45) is 3.07. The van der Waals surface area contributed by atoms with Crippen LogP contribution in [0.1, 0.15) is 89.0 Å². The molecule has 9 heteroatoms. The number of hydrogen-bond donors (Lipinski definition) is 3. The Morgan fingerprint density at radius 1 is 1.14 bits per heavy atom. The number of hydrogen-bond acceptors (Lipinski definition) is 5. The summed E-state index contributed by atoms with van der Waals surface area (Å²) in [7, 11) is 0. The van der Waals surface area contributed by atoms with Crippen LogP contribution in [0.4, 0.5) is 4.79 Å². The molecular formula is C27H42N4O5. The molecule has 0 aliphatic heterocycles. The Balaban J connectivity index is 2.45. The fraction of sp³-hybridized carbons (Fsp3) is 0.630. The SMILES string of the molecule is CCCCCNC(=O)C(c1cc(C)ccc1C)N(C(=O)C(CC(N)=O)NC(=O)OC(C)(C)C)C1CC1. The number of rotatable bonds is 12. The normalized spacial score (nSPS) is 14.9. The molecule has 1 aliphatic carbocycles. The zero-order valence-corrected chi connectivity index (χ0v) is 22.5. The second kappa shape index (κ2) is 12.7. The summed E-state index contributed by atoms with van der Waals surface area (Å²) in [5.74, 6) is -1.56. The van der Waals surface area contributed by atoms with Crippen molar-refractivity contribution in [2.45, 2.75) is 104 Å². The fourth-order valence-electron chi connectivity index (χ4n) is 4.06. The molecule has 200 valence electrons. The van der Waals surface area contributed by atoms with Crippen LogP contribution in [0.15, 0.2) is 18.2 Å². The maximum atomic E-state index is 13.9. The molecule has 1 fully saturated rings. The number of amides is 4. The Hall–Kier alpha value is -3.10. The number of nitrogens with one attached hydrogen (secondary N) is 2. The number of nitrogens with zero attached hydrogens (tertiary/aromatic N) is 1. The van der Waals surface area contributed by atoms with E-state index in [4.69, 9.17) is 10.5 Å². The van der Waals surface area contributed by atoms with Crippen molar-refractivity contribution in [3.8, 4) is 0 Å². The topological polar surface area (TPSA) is 131 Å². The Kier molecular flexibility index (Phi) is 10.3. The fourth-order valence-corrected chi connectivity index (χ4v) is 4.06. The number of benzene rings is 1. The number of carbonyl (C=O) groups excluding carboxylic acids is 4. The highest BCUT2D eigenvalue weighted by molar-refractivity contribution is 5.95. The van der Waals surface area contributed by atoms with Crippen molar-refractivity contribution in [3.63, 3.8) is 0 Å². The predicted octanol–water partition coefficient (Wildman–Crippen LogP) is 3.41. The average molecular weight is 503 g/mol. The molecule has 0 aromatic heterocycles. The van der Waals surface area contributed by atoms with Crippen LogP contribution in [0.3, 0.4) is 0 Å². The summed E-state index contributed by atoms with van der Waals surface area (Å²) in [6.45, 7) is 11.5. The molecule has 1 saturated carbocycles. The van der Waals surface area contributed by atoms with Gasteiger partial charge in [0, 0.05) is 12.6 Å². The van der Waals surface area contributed by atoms with E-state index in [1.165, 1.54) is 4.90 Å². The highest BCUT2D eigenvalue weighted by Gasteiger charge is 2.44. The van der Waals surface area contributed by atoms with Crippen LogP contribution in [0.25, 0.3) is 0 Å².